The van der Waals surface area contributed by atoms with Gasteiger partial charge in [0, 0.05) is 31.6 Å². The van der Waals surface area contributed by atoms with E-state index in [9.17, 15) is 0 Å². The number of piperidine rings is 1. The monoisotopic (exact) mass is 171 g/mol. The molecule has 0 aromatic heterocycles. The Morgan fingerprint density at radius 1 is 1.33 bits per heavy atom. The first-order valence-electron chi connectivity index (χ1n) is 5.01. The van der Waals surface area contributed by atoms with E-state index in [2.05, 4.69) is 5.32 Å². The van der Waals surface area contributed by atoms with Gasteiger partial charge in [-0.3, -0.25) is 5.84 Å². The summed E-state index contributed by atoms with van der Waals surface area (Å²) in [5, 5.41) is 5.27. The van der Waals surface area contributed by atoms with Gasteiger partial charge in [-0.05, 0) is 12.8 Å². The van der Waals surface area contributed by atoms with Crippen LogP contribution in [0, 0.1) is 5.41 Å². The third kappa shape index (κ3) is 1.97. The SMILES string of the molecule is CC.NN1CCCC2(CNC2)C1. The molecule has 0 saturated carbocycles. The predicted molar refractivity (Wildman–Crippen MR) is 51.6 cm³/mol. The maximum atomic E-state index is 5.73. The molecule has 0 bridgehead atoms. The molecular weight excluding hydrogens is 150 g/mol. The molecule has 2 saturated heterocycles. The number of rotatable bonds is 0. The van der Waals surface area contributed by atoms with E-state index < -0.39 is 0 Å². The average molecular weight is 171 g/mol. The Bertz CT molecular complexity index is 132. The van der Waals surface area contributed by atoms with Crippen LogP contribution in [0.25, 0.3) is 0 Å². The van der Waals surface area contributed by atoms with E-state index in [1.165, 1.54) is 25.9 Å². The summed E-state index contributed by atoms with van der Waals surface area (Å²) in [6.07, 6.45) is 2.64. The van der Waals surface area contributed by atoms with Gasteiger partial charge in [0.05, 0.1) is 0 Å². The Labute approximate surface area is 75.3 Å². The molecule has 0 aliphatic carbocycles. The summed E-state index contributed by atoms with van der Waals surface area (Å²) in [6, 6.07) is 0. The van der Waals surface area contributed by atoms with Gasteiger partial charge in [0.1, 0.15) is 0 Å². The summed E-state index contributed by atoms with van der Waals surface area (Å²) < 4.78 is 0. The fourth-order valence-corrected chi connectivity index (χ4v) is 2.01. The van der Waals surface area contributed by atoms with E-state index in [0.29, 0.717) is 5.41 Å². The van der Waals surface area contributed by atoms with Gasteiger partial charge in [0.2, 0.25) is 0 Å². The van der Waals surface area contributed by atoms with Gasteiger partial charge in [-0.2, -0.15) is 0 Å². The highest BCUT2D eigenvalue weighted by molar-refractivity contribution is 4.95. The lowest BCUT2D eigenvalue weighted by Gasteiger charge is -2.48. The summed E-state index contributed by atoms with van der Waals surface area (Å²) in [4.78, 5) is 0. The largest absolute Gasteiger partial charge is 0.315 e. The minimum atomic E-state index is 0.562. The van der Waals surface area contributed by atoms with E-state index in [4.69, 9.17) is 5.84 Å². The highest BCUT2D eigenvalue weighted by Gasteiger charge is 2.39. The molecule has 3 nitrogen and oxygen atoms in total. The molecule has 2 rings (SSSR count). The van der Waals surface area contributed by atoms with E-state index in [0.717, 1.165) is 13.1 Å². The maximum absolute atomic E-state index is 5.73. The minimum absolute atomic E-state index is 0.562. The topological polar surface area (TPSA) is 41.3 Å². The van der Waals surface area contributed by atoms with Crippen molar-refractivity contribution in [2.24, 2.45) is 11.3 Å². The van der Waals surface area contributed by atoms with Crippen molar-refractivity contribution in [2.45, 2.75) is 26.7 Å². The van der Waals surface area contributed by atoms with Crippen molar-refractivity contribution >= 4 is 0 Å². The number of hydrogen-bond donors (Lipinski definition) is 2. The molecule has 0 unspecified atom stereocenters. The standard InChI is InChI=1S/C7H15N3.C2H6/c8-10-3-1-2-7(6-10)4-9-5-7;1-2/h9H,1-6,8H2;1-2H3. The van der Waals surface area contributed by atoms with Crippen molar-refractivity contribution in [1.29, 1.82) is 0 Å². The van der Waals surface area contributed by atoms with Crippen LogP contribution in [-0.2, 0) is 0 Å². The molecule has 0 aromatic rings. The summed E-state index contributed by atoms with van der Waals surface area (Å²) in [7, 11) is 0. The quantitative estimate of drug-likeness (QED) is 0.524. The van der Waals surface area contributed by atoms with Crippen molar-refractivity contribution in [3.05, 3.63) is 0 Å². The van der Waals surface area contributed by atoms with Gasteiger partial charge in [-0.15, -0.1) is 0 Å². The molecule has 2 aliphatic rings. The average Bonchev–Trinajstić information content (AvgIpc) is 2.06. The zero-order valence-corrected chi connectivity index (χ0v) is 8.27. The van der Waals surface area contributed by atoms with Crippen LogP contribution in [0.2, 0.25) is 0 Å². The highest BCUT2D eigenvalue weighted by Crippen LogP contribution is 2.31. The summed E-state index contributed by atoms with van der Waals surface area (Å²) in [5.41, 5.74) is 0.562. The molecule has 12 heavy (non-hydrogen) atoms. The van der Waals surface area contributed by atoms with Crippen LogP contribution in [0.4, 0.5) is 0 Å². The van der Waals surface area contributed by atoms with Crippen molar-refractivity contribution in [1.82, 2.24) is 10.3 Å². The molecule has 1 spiro atoms. The lowest BCUT2D eigenvalue weighted by atomic mass is 9.75. The van der Waals surface area contributed by atoms with Crippen LogP contribution >= 0.6 is 0 Å². The Morgan fingerprint density at radius 3 is 2.33 bits per heavy atom. The first-order chi connectivity index (χ1) is 5.81. The molecule has 3 N–H and O–H groups in total. The number of nitrogens with two attached hydrogens (primary N) is 1. The third-order valence-electron chi connectivity index (χ3n) is 2.69. The second-order valence-electron chi connectivity index (χ2n) is 3.68. The summed E-state index contributed by atoms with van der Waals surface area (Å²) in [5.74, 6) is 5.73. The smallest absolute Gasteiger partial charge is 0.0209 e. The van der Waals surface area contributed by atoms with Gasteiger partial charge >= 0.3 is 0 Å². The van der Waals surface area contributed by atoms with E-state index in [1.54, 1.807) is 0 Å². The summed E-state index contributed by atoms with van der Waals surface area (Å²) >= 11 is 0. The summed E-state index contributed by atoms with van der Waals surface area (Å²) in [6.45, 7) is 8.54. The Hall–Kier alpha value is -0.120. The Kier molecular flexibility index (Phi) is 3.50. The second kappa shape index (κ2) is 4.21. The molecule has 0 radical (unpaired) electrons. The van der Waals surface area contributed by atoms with Gasteiger partial charge < -0.3 is 5.32 Å². The molecular formula is C9H21N3. The Morgan fingerprint density at radius 2 is 2.00 bits per heavy atom. The van der Waals surface area contributed by atoms with E-state index in [-0.39, 0.29) is 0 Å². The third-order valence-corrected chi connectivity index (χ3v) is 2.69. The maximum Gasteiger partial charge on any atom is 0.0209 e. The number of hydrogen-bond acceptors (Lipinski definition) is 3. The molecule has 2 fully saturated rings. The van der Waals surface area contributed by atoms with Crippen LogP contribution < -0.4 is 11.2 Å². The van der Waals surface area contributed by atoms with E-state index in [1.807, 2.05) is 18.9 Å². The Balaban J connectivity index is 0.000000336. The predicted octanol–water partition coefficient (Wildman–Crippen LogP) is 0.572. The van der Waals surface area contributed by atoms with Gasteiger partial charge in [-0.25, -0.2) is 5.01 Å². The van der Waals surface area contributed by atoms with Crippen LogP contribution in [0.3, 0.4) is 0 Å². The van der Waals surface area contributed by atoms with Gasteiger partial charge in [0.15, 0.2) is 0 Å². The fraction of sp³-hybridized carbons (Fsp3) is 1.00. The molecule has 3 heteroatoms. The van der Waals surface area contributed by atoms with Crippen LogP contribution in [0.5, 0.6) is 0 Å². The first-order valence-corrected chi connectivity index (χ1v) is 5.01. The lowest BCUT2D eigenvalue weighted by Crippen LogP contribution is -2.62. The molecule has 72 valence electrons. The molecule has 0 atom stereocenters. The lowest BCUT2D eigenvalue weighted by molar-refractivity contribution is 0.0416. The van der Waals surface area contributed by atoms with Crippen molar-refractivity contribution in [2.75, 3.05) is 26.2 Å². The molecule has 0 aromatic carbocycles. The molecule has 0 amide bonds. The van der Waals surface area contributed by atoms with Crippen molar-refractivity contribution in [3.63, 3.8) is 0 Å². The van der Waals surface area contributed by atoms with Crippen LogP contribution in [0.15, 0.2) is 0 Å². The van der Waals surface area contributed by atoms with Crippen molar-refractivity contribution in [3.8, 4) is 0 Å². The van der Waals surface area contributed by atoms with Crippen molar-refractivity contribution < 1.29 is 0 Å². The highest BCUT2D eigenvalue weighted by atomic mass is 15.4. The molecule has 2 heterocycles. The zero-order valence-electron chi connectivity index (χ0n) is 8.27. The van der Waals surface area contributed by atoms with Gasteiger partial charge in [0.25, 0.3) is 0 Å². The first kappa shape index (κ1) is 9.96. The minimum Gasteiger partial charge on any atom is -0.315 e. The number of hydrazine groups is 1. The normalized spacial score (nSPS) is 27.2. The zero-order chi connectivity index (χ0) is 9.03. The van der Waals surface area contributed by atoms with Crippen LogP contribution in [0.1, 0.15) is 26.7 Å². The molecule has 2 aliphatic heterocycles. The number of nitrogens with one attached hydrogen (secondary N) is 1. The van der Waals surface area contributed by atoms with Gasteiger partial charge in [-0.1, -0.05) is 13.8 Å². The second-order valence-corrected chi connectivity index (χ2v) is 3.68. The number of nitrogens with zero attached hydrogens (tertiary/aromatic N) is 1. The fourth-order valence-electron chi connectivity index (χ4n) is 2.01. The van der Waals surface area contributed by atoms with Crippen LogP contribution in [-0.4, -0.2) is 31.2 Å². The van der Waals surface area contributed by atoms with E-state index >= 15 is 0 Å².